The van der Waals surface area contributed by atoms with Gasteiger partial charge in [0.2, 0.25) is 6.29 Å². The van der Waals surface area contributed by atoms with Gasteiger partial charge in [-0.15, -0.1) is 0 Å². The van der Waals surface area contributed by atoms with E-state index in [1.165, 1.54) is 7.11 Å². The van der Waals surface area contributed by atoms with Gasteiger partial charge in [-0.2, -0.15) is 0 Å². The van der Waals surface area contributed by atoms with Gasteiger partial charge in [-0.3, -0.25) is 4.79 Å². The Balaban J connectivity index is 2.31. The van der Waals surface area contributed by atoms with Crippen molar-refractivity contribution in [2.24, 2.45) is 0 Å². The van der Waals surface area contributed by atoms with E-state index in [9.17, 15) is 9.59 Å². The summed E-state index contributed by atoms with van der Waals surface area (Å²) in [6.07, 6.45) is -0.0794. The molecular formula is C18H18O4. The minimum absolute atomic E-state index is 0.210. The molecule has 0 saturated carbocycles. The molecule has 2 rings (SSSR count). The average Bonchev–Trinajstić information content (AvgIpc) is 2.59. The first-order valence-electron chi connectivity index (χ1n) is 7.10. The summed E-state index contributed by atoms with van der Waals surface area (Å²) in [5.74, 6) is -0.771. The molecule has 0 heterocycles. The van der Waals surface area contributed by atoms with E-state index in [2.05, 4.69) is 0 Å². The second kappa shape index (κ2) is 7.52. The van der Waals surface area contributed by atoms with E-state index >= 15 is 0 Å². The normalized spacial score (nSPS) is 11.7. The van der Waals surface area contributed by atoms with Crippen molar-refractivity contribution in [1.82, 2.24) is 0 Å². The Morgan fingerprint density at radius 1 is 0.955 bits per heavy atom. The lowest BCUT2D eigenvalue weighted by atomic mass is 9.98. The molecule has 2 aromatic carbocycles. The Kier molecular flexibility index (Phi) is 5.44. The number of carbonyl (C=O) groups excluding carboxylic acids is 2. The Labute approximate surface area is 129 Å². The van der Waals surface area contributed by atoms with Gasteiger partial charge in [0.1, 0.15) is 0 Å². The minimum atomic E-state index is -0.618. The summed E-state index contributed by atoms with van der Waals surface area (Å²) in [5, 5.41) is 0. The number of ether oxygens (including phenoxy) is 2. The van der Waals surface area contributed by atoms with Crippen molar-refractivity contribution in [2.75, 3.05) is 7.11 Å². The smallest absolute Gasteiger partial charge is 0.341 e. The van der Waals surface area contributed by atoms with E-state index in [1.807, 2.05) is 13.0 Å². The largest absolute Gasteiger partial charge is 0.432 e. The highest BCUT2D eigenvalue weighted by Gasteiger charge is 2.21. The van der Waals surface area contributed by atoms with Crippen molar-refractivity contribution in [2.45, 2.75) is 19.6 Å². The average molecular weight is 298 g/mol. The zero-order valence-electron chi connectivity index (χ0n) is 12.6. The second-order valence-corrected chi connectivity index (χ2v) is 4.72. The third kappa shape index (κ3) is 3.59. The van der Waals surface area contributed by atoms with Gasteiger partial charge in [0.25, 0.3) is 0 Å². The first-order chi connectivity index (χ1) is 10.7. The first kappa shape index (κ1) is 15.9. The number of methoxy groups -OCH3 is 1. The predicted octanol–water partition coefficient (Wildman–Crippen LogP) is 3.46. The molecule has 0 spiro atoms. The quantitative estimate of drug-likeness (QED) is 0.465. The number of ketones is 1. The Morgan fingerprint density at radius 3 is 2.14 bits per heavy atom. The Bertz CT molecular complexity index is 645. The maximum atomic E-state index is 12.6. The number of benzene rings is 2. The number of hydrogen-bond donors (Lipinski definition) is 0. The molecule has 4 nitrogen and oxygen atoms in total. The lowest BCUT2D eigenvalue weighted by molar-refractivity contribution is -0.0906. The van der Waals surface area contributed by atoms with Crippen LogP contribution in [0.4, 0.5) is 0 Å². The van der Waals surface area contributed by atoms with E-state index in [4.69, 9.17) is 9.47 Å². The fourth-order valence-electron chi connectivity index (χ4n) is 2.09. The molecule has 0 aliphatic carbocycles. The molecule has 22 heavy (non-hydrogen) atoms. The Morgan fingerprint density at radius 2 is 1.55 bits per heavy atom. The molecule has 0 aliphatic heterocycles. The van der Waals surface area contributed by atoms with Crippen LogP contribution in [0.3, 0.4) is 0 Å². The molecule has 1 unspecified atom stereocenters. The van der Waals surface area contributed by atoms with Crippen LogP contribution in [0.25, 0.3) is 0 Å². The van der Waals surface area contributed by atoms with Gasteiger partial charge >= 0.3 is 5.97 Å². The highest BCUT2D eigenvalue weighted by molar-refractivity contribution is 6.14. The summed E-state index contributed by atoms with van der Waals surface area (Å²) >= 11 is 0. The van der Waals surface area contributed by atoms with Crippen molar-refractivity contribution in [3.05, 3.63) is 71.3 Å². The molecule has 0 N–H and O–H groups in total. The van der Waals surface area contributed by atoms with Crippen molar-refractivity contribution in [3.63, 3.8) is 0 Å². The third-order valence-corrected chi connectivity index (χ3v) is 3.26. The van der Waals surface area contributed by atoms with Crippen molar-refractivity contribution in [3.8, 4) is 0 Å². The van der Waals surface area contributed by atoms with Crippen LogP contribution in [0.2, 0.25) is 0 Å². The van der Waals surface area contributed by atoms with Crippen LogP contribution in [0.1, 0.15) is 39.6 Å². The summed E-state index contributed by atoms with van der Waals surface area (Å²) in [6.45, 7) is 1.85. The van der Waals surface area contributed by atoms with Gasteiger partial charge in [0.05, 0.1) is 5.56 Å². The van der Waals surface area contributed by atoms with Gasteiger partial charge in [-0.25, -0.2) is 4.79 Å². The monoisotopic (exact) mass is 298 g/mol. The zero-order valence-corrected chi connectivity index (χ0v) is 12.6. The van der Waals surface area contributed by atoms with Crippen LogP contribution in [-0.2, 0) is 9.47 Å². The number of carbonyl (C=O) groups is 2. The maximum Gasteiger partial charge on any atom is 0.341 e. The first-order valence-corrected chi connectivity index (χ1v) is 7.10. The third-order valence-electron chi connectivity index (χ3n) is 3.26. The zero-order chi connectivity index (χ0) is 15.9. The maximum absolute atomic E-state index is 12.6. The summed E-state index contributed by atoms with van der Waals surface area (Å²) < 4.78 is 10.3. The SMILES string of the molecule is CCC(OC)OC(=O)c1ccccc1C(=O)c1ccccc1. The highest BCUT2D eigenvalue weighted by atomic mass is 16.7. The van der Waals surface area contributed by atoms with Crippen LogP contribution in [0.5, 0.6) is 0 Å². The predicted molar refractivity (Wildman–Crippen MR) is 82.8 cm³/mol. The molecule has 2 aromatic rings. The lowest BCUT2D eigenvalue weighted by Crippen LogP contribution is -2.21. The lowest BCUT2D eigenvalue weighted by Gasteiger charge is -2.15. The summed E-state index contributed by atoms with van der Waals surface area (Å²) in [6, 6.07) is 15.5. The summed E-state index contributed by atoms with van der Waals surface area (Å²) in [4.78, 5) is 24.8. The molecule has 0 amide bonds. The molecule has 4 heteroatoms. The topological polar surface area (TPSA) is 52.6 Å². The van der Waals surface area contributed by atoms with Gasteiger partial charge in [-0.05, 0) is 6.07 Å². The van der Waals surface area contributed by atoms with Crippen molar-refractivity contribution >= 4 is 11.8 Å². The van der Waals surface area contributed by atoms with Gasteiger partial charge in [0, 0.05) is 24.7 Å². The van der Waals surface area contributed by atoms with Crippen LogP contribution < -0.4 is 0 Å². The Hall–Kier alpha value is -2.46. The van der Waals surface area contributed by atoms with E-state index in [0.717, 1.165) is 0 Å². The molecule has 0 aromatic heterocycles. The molecular weight excluding hydrogens is 280 g/mol. The standard InChI is InChI=1S/C18H18O4/c1-3-16(21-2)22-18(20)15-12-8-7-11-14(15)17(19)13-9-5-4-6-10-13/h4-12,16H,3H2,1-2H3. The van der Waals surface area contributed by atoms with Gasteiger partial charge < -0.3 is 9.47 Å². The van der Waals surface area contributed by atoms with Crippen molar-refractivity contribution < 1.29 is 19.1 Å². The van der Waals surface area contributed by atoms with E-state index in [-0.39, 0.29) is 11.3 Å². The number of hydrogen-bond acceptors (Lipinski definition) is 4. The molecule has 114 valence electrons. The fraction of sp³-hybridized carbons (Fsp3) is 0.222. The number of esters is 1. The van der Waals surface area contributed by atoms with E-state index < -0.39 is 12.3 Å². The van der Waals surface area contributed by atoms with Gasteiger partial charge in [-0.1, -0.05) is 55.5 Å². The molecule has 0 fully saturated rings. The van der Waals surface area contributed by atoms with Crippen LogP contribution in [0.15, 0.2) is 54.6 Å². The molecule has 0 aliphatic rings. The van der Waals surface area contributed by atoms with Crippen LogP contribution >= 0.6 is 0 Å². The van der Waals surface area contributed by atoms with Gasteiger partial charge in [0.15, 0.2) is 5.78 Å². The van der Waals surface area contributed by atoms with E-state index in [0.29, 0.717) is 17.5 Å². The highest BCUT2D eigenvalue weighted by Crippen LogP contribution is 2.17. The summed E-state index contributed by atoms with van der Waals surface area (Å²) in [5.41, 5.74) is 1.10. The molecule has 0 saturated heterocycles. The second-order valence-electron chi connectivity index (χ2n) is 4.72. The fourth-order valence-corrected chi connectivity index (χ4v) is 2.09. The molecule has 0 bridgehead atoms. The van der Waals surface area contributed by atoms with Crippen LogP contribution in [0, 0.1) is 0 Å². The van der Waals surface area contributed by atoms with Crippen LogP contribution in [-0.4, -0.2) is 25.2 Å². The minimum Gasteiger partial charge on any atom is -0.432 e. The summed E-state index contributed by atoms with van der Waals surface area (Å²) in [7, 11) is 1.47. The van der Waals surface area contributed by atoms with E-state index in [1.54, 1.807) is 48.5 Å². The molecule has 0 radical (unpaired) electrons. The number of rotatable bonds is 6. The molecule has 1 atom stereocenters. The van der Waals surface area contributed by atoms with Crippen molar-refractivity contribution in [1.29, 1.82) is 0 Å².